The van der Waals surface area contributed by atoms with Gasteiger partial charge in [0, 0.05) is 17.8 Å². The lowest BCUT2D eigenvalue weighted by molar-refractivity contribution is -0.991. The van der Waals surface area contributed by atoms with Gasteiger partial charge in [0.15, 0.2) is 11.9 Å². The monoisotopic (exact) mass is 346 g/mol. The third kappa shape index (κ3) is 3.80. The van der Waals surface area contributed by atoms with E-state index in [1.165, 1.54) is 0 Å². The number of aliphatic hydroxyl groups excluding tert-OH is 4. The second-order valence-corrected chi connectivity index (χ2v) is 5.30. The summed E-state index contributed by atoms with van der Waals surface area (Å²) >= 11 is 0. The van der Waals surface area contributed by atoms with Gasteiger partial charge in [0.2, 0.25) is 0 Å². The smallest absolute Gasteiger partial charge is 0.335 e. The van der Waals surface area contributed by atoms with Crippen LogP contribution in [0.25, 0.3) is 0 Å². The molecular weight excluding hydrogens is 328 g/mol. The van der Waals surface area contributed by atoms with Gasteiger partial charge in [-0.3, -0.25) is 0 Å². The van der Waals surface area contributed by atoms with Crippen LogP contribution in [0.1, 0.15) is 10.4 Å². The van der Waals surface area contributed by atoms with Crippen molar-refractivity contribution in [2.75, 3.05) is 11.9 Å². The van der Waals surface area contributed by atoms with E-state index < -0.39 is 48.4 Å². The molecule has 8 N–H and O–H groups in total. The van der Waals surface area contributed by atoms with E-state index in [2.05, 4.69) is 5.32 Å². The SMILES string of the molecule is O=C(O)c1cc(N[C@H]2O[C@@H](CO)[C@@H](O)[C@@H](O)[C@H]2O)cc([NH+]([O-])O)c1. The maximum atomic E-state index is 11.1. The first-order valence-electron chi connectivity index (χ1n) is 6.93. The van der Waals surface area contributed by atoms with Gasteiger partial charge in [-0.05, 0) is 6.07 Å². The molecule has 1 aromatic carbocycles. The van der Waals surface area contributed by atoms with Crippen molar-refractivity contribution >= 4 is 17.3 Å². The number of nitrogens with one attached hydrogen (secondary N) is 2. The minimum atomic E-state index is -1.62. The fourth-order valence-electron chi connectivity index (χ4n) is 2.34. The molecule has 1 saturated heterocycles. The van der Waals surface area contributed by atoms with Gasteiger partial charge in [-0.15, -0.1) is 0 Å². The van der Waals surface area contributed by atoms with E-state index in [1.807, 2.05) is 0 Å². The predicted molar refractivity (Wildman–Crippen MR) is 76.6 cm³/mol. The van der Waals surface area contributed by atoms with Crippen LogP contribution < -0.4 is 10.5 Å². The van der Waals surface area contributed by atoms with Crippen LogP contribution in [-0.4, -0.2) is 74.0 Å². The van der Waals surface area contributed by atoms with Crippen LogP contribution in [0.4, 0.5) is 11.4 Å². The highest BCUT2D eigenvalue weighted by molar-refractivity contribution is 5.89. The number of aromatic carboxylic acids is 1. The molecule has 6 atom stereocenters. The zero-order valence-corrected chi connectivity index (χ0v) is 12.2. The van der Waals surface area contributed by atoms with Gasteiger partial charge in [0.25, 0.3) is 0 Å². The summed E-state index contributed by atoms with van der Waals surface area (Å²) in [5.74, 6) is -1.35. The van der Waals surface area contributed by atoms with Crippen molar-refractivity contribution in [2.45, 2.75) is 30.6 Å². The Kier molecular flexibility index (Phi) is 5.69. The molecule has 0 aromatic heterocycles. The molecule has 11 nitrogen and oxygen atoms in total. The van der Waals surface area contributed by atoms with Gasteiger partial charge in [-0.2, -0.15) is 5.23 Å². The molecule has 11 heteroatoms. The summed E-state index contributed by atoms with van der Waals surface area (Å²) in [5.41, 5.74) is -0.597. The van der Waals surface area contributed by atoms with E-state index in [4.69, 9.17) is 20.2 Å². The average Bonchev–Trinajstić information content (AvgIpc) is 2.55. The van der Waals surface area contributed by atoms with Gasteiger partial charge in [0.1, 0.15) is 24.4 Å². The van der Waals surface area contributed by atoms with Gasteiger partial charge in [-0.1, -0.05) is 0 Å². The fraction of sp³-hybridized carbons (Fsp3) is 0.462. The van der Waals surface area contributed by atoms with Crippen LogP contribution in [0.5, 0.6) is 0 Å². The molecule has 1 heterocycles. The largest absolute Gasteiger partial charge is 0.595 e. The number of benzene rings is 1. The second-order valence-electron chi connectivity index (χ2n) is 5.30. The zero-order chi connectivity index (χ0) is 18.0. The summed E-state index contributed by atoms with van der Waals surface area (Å²) in [5, 5.41) is 68.8. The Labute approximate surface area is 135 Å². The highest BCUT2D eigenvalue weighted by Gasteiger charge is 2.43. The Balaban J connectivity index is 2.27. The number of carbonyl (C=O) groups is 1. The van der Waals surface area contributed by atoms with Gasteiger partial charge >= 0.3 is 5.97 Å². The quantitative estimate of drug-likeness (QED) is 0.255. The van der Waals surface area contributed by atoms with Crippen molar-refractivity contribution in [1.29, 1.82) is 0 Å². The Morgan fingerprint density at radius 1 is 1.21 bits per heavy atom. The van der Waals surface area contributed by atoms with Gasteiger partial charge in [0.05, 0.1) is 12.2 Å². The van der Waals surface area contributed by atoms with Gasteiger partial charge < -0.3 is 40.8 Å². The summed E-state index contributed by atoms with van der Waals surface area (Å²) in [6.07, 6.45) is -7.20. The first-order valence-corrected chi connectivity index (χ1v) is 6.93. The molecule has 0 spiro atoms. The van der Waals surface area contributed by atoms with Crippen molar-refractivity contribution in [3.63, 3.8) is 0 Å². The standard InChI is InChI=1S/C13H18N2O9/c16-4-8-9(17)10(18)11(19)12(24-8)14-6-1-5(13(20)21)2-7(3-6)15(22)23/h1-3,8-12,14-19,22H,4H2,(H,20,21)/t8-,9+,10+,11+,12-/m0/s1. The summed E-state index contributed by atoms with van der Waals surface area (Å²) in [6.45, 7) is -0.626. The topological polar surface area (TPSA) is 187 Å². The molecule has 0 saturated carbocycles. The number of rotatable bonds is 5. The third-order valence-corrected chi connectivity index (χ3v) is 3.63. The van der Waals surface area contributed by atoms with Crippen LogP contribution in [0, 0.1) is 5.21 Å². The number of ether oxygens (including phenoxy) is 1. The molecule has 1 aliphatic rings. The Bertz CT molecular complexity index is 595. The van der Waals surface area contributed by atoms with E-state index in [0.29, 0.717) is 0 Å². The first-order chi connectivity index (χ1) is 11.2. The molecule has 134 valence electrons. The Morgan fingerprint density at radius 2 is 1.88 bits per heavy atom. The van der Waals surface area contributed by atoms with Gasteiger partial charge in [-0.25, -0.2) is 10.0 Å². The lowest BCUT2D eigenvalue weighted by Crippen LogP contribution is -2.99. The van der Waals surface area contributed by atoms with E-state index in [-0.39, 0.29) is 16.9 Å². The van der Waals surface area contributed by atoms with E-state index in [9.17, 15) is 25.3 Å². The van der Waals surface area contributed by atoms with Crippen molar-refractivity contribution in [2.24, 2.45) is 0 Å². The van der Waals surface area contributed by atoms with E-state index in [1.54, 1.807) is 0 Å². The number of anilines is 1. The number of hydrogen-bond donors (Lipinski definition) is 8. The predicted octanol–water partition coefficient (Wildman–Crippen LogP) is -3.00. The molecule has 2 rings (SSSR count). The molecule has 1 unspecified atom stereocenters. The highest BCUT2D eigenvalue weighted by atomic mass is 16.8. The van der Waals surface area contributed by atoms with Crippen LogP contribution in [0.2, 0.25) is 0 Å². The maximum absolute atomic E-state index is 11.1. The molecule has 24 heavy (non-hydrogen) atoms. The molecule has 0 aliphatic carbocycles. The van der Waals surface area contributed by atoms with Crippen LogP contribution in [-0.2, 0) is 4.74 Å². The Morgan fingerprint density at radius 3 is 2.42 bits per heavy atom. The summed E-state index contributed by atoms with van der Waals surface area (Å²) < 4.78 is 5.22. The van der Waals surface area contributed by atoms with Crippen molar-refractivity contribution in [3.8, 4) is 0 Å². The second kappa shape index (κ2) is 7.38. The average molecular weight is 346 g/mol. The van der Waals surface area contributed by atoms with E-state index >= 15 is 0 Å². The normalized spacial score (nSPS) is 31.5. The third-order valence-electron chi connectivity index (χ3n) is 3.63. The van der Waals surface area contributed by atoms with Crippen LogP contribution in [0.3, 0.4) is 0 Å². The maximum Gasteiger partial charge on any atom is 0.335 e. The fourth-order valence-corrected chi connectivity index (χ4v) is 2.34. The molecule has 1 fully saturated rings. The lowest BCUT2D eigenvalue weighted by Gasteiger charge is -2.40. The molecular formula is C13H18N2O9. The number of aliphatic hydroxyl groups is 4. The molecule has 0 amide bonds. The summed E-state index contributed by atoms with van der Waals surface area (Å²) in [6, 6.07) is 3.20. The molecule has 0 bridgehead atoms. The van der Waals surface area contributed by atoms with Crippen LogP contribution in [0.15, 0.2) is 18.2 Å². The minimum Gasteiger partial charge on any atom is -0.595 e. The number of hydrogen-bond acceptors (Lipinski definition) is 9. The number of quaternary nitrogens is 1. The number of carboxylic acids is 1. The minimum absolute atomic E-state index is 0.0108. The zero-order valence-electron chi connectivity index (χ0n) is 12.2. The van der Waals surface area contributed by atoms with Crippen molar-refractivity contribution in [3.05, 3.63) is 29.0 Å². The highest BCUT2D eigenvalue weighted by Crippen LogP contribution is 2.24. The Hall–Kier alpha value is -1.83. The molecule has 1 aliphatic heterocycles. The molecule has 0 radical (unpaired) electrons. The van der Waals surface area contributed by atoms with E-state index in [0.717, 1.165) is 18.2 Å². The molecule has 1 aromatic rings. The van der Waals surface area contributed by atoms with Crippen molar-refractivity contribution in [1.82, 2.24) is 0 Å². The van der Waals surface area contributed by atoms with Crippen molar-refractivity contribution < 1.29 is 45.5 Å². The number of carboxylic acid groups (broad SMARTS) is 1. The van der Waals surface area contributed by atoms with Crippen LogP contribution >= 0.6 is 0 Å². The first kappa shape index (κ1) is 18.5. The summed E-state index contributed by atoms with van der Waals surface area (Å²) in [7, 11) is 0. The summed E-state index contributed by atoms with van der Waals surface area (Å²) in [4.78, 5) is 11.1. The lowest BCUT2D eigenvalue weighted by atomic mass is 9.98.